The highest BCUT2D eigenvalue weighted by atomic mass is 16.6. The Morgan fingerprint density at radius 1 is 0.622 bits per heavy atom. The van der Waals surface area contributed by atoms with Crippen LogP contribution in [0.2, 0.25) is 0 Å². The maximum Gasteiger partial charge on any atom is 0.305 e. The van der Waals surface area contributed by atoms with Crippen molar-refractivity contribution in [1.82, 2.24) is 0 Å². The van der Waals surface area contributed by atoms with Gasteiger partial charge in [0, 0.05) is 12.8 Å². The lowest BCUT2D eigenvalue weighted by Gasteiger charge is -2.12. The van der Waals surface area contributed by atoms with Crippen molar-refractivity contribution < 1.29 is 29.3 Å². The minimum absolute atomic E-state index is 0.149. The normalized spacial score (nSPS) is 13.6. The second-order valence-electron chi connectivity index (χ2n) is 12.7. The fourth-order valence-corrected chi connectivity index (χ4v) is 4.76. The van der Waals surface area contributed by atoms with Gasteiger partial charge in [0.2, 0.25) is 0 Å². The third-order valence-electron chi connectivity index (χ3n) is 7.58. The number of ether oxygens (including phenoxy) is 2. The summed E-state index contributed by atoms with van der Waals surface area (Å²) in [4.78, 5) is 23.8. The number of rotatable bonds is 31. The lowest BCUT2D eigenvalue weighted by Crippen LogP contribution is -2.25. The van der Waals surface area contributed by atoms with Gasteiger partial charge in [-0.2, -0.15) is 0 Å². The van der Waals surface area contributed by atoms with Crippen LogP contribution in [0.3, 0.4) is 0 Å². The molecule has 45 heavy (non-hydrogen) atoms. The van der Waals surface area contributed by atoms with Crippen molar-refractivity contribution in [2.24, 2.45) is 5.92 Å². The smallest absolute Gasteiger partial charge is 0.305 e. The zero-order valence-corrected chi connectivity index (χ0v) is 29.1. The Labute approximate surface area is 276 Å². The van der Waals surface area contributed by atoms with Gasteiger partial charge < -0.3 is 19.7 Å². The van der Waals surface area contributed by atoms with Crippen molar-refractivity contribution in [2.45, 2.75) is 168 Å². The minimum atomic E-state index is -1.00. The molecule has 0 heterocycles. The average Bonchev–Trinajstić information content (AvgIpc) is 3.01. The number of carbonyl (C=O) groups is 2. The SMILES string of the molecule is CCCCC/C=C\C[C@@H](O)/C=C/C=C\C/C=C\CCCC(=O)OC[C@H](O)COC(=O)CCCCCCCCCCCCC(C)C. The number of hydrogen-bond donors (Lipinski definition) is 2. The molecule has 0 aliphatic rings. The second-order valence-corrected chi connectivity index (χ2v) is 12.7. The van der Waals surface area contributed by atoms with Gasteiger partial charge in [-0.15, -0.1) is 0 Å². The molecule has 0 saturated carbocycles. The first-order valence-electron chi connectivity index (χ1n) is 18.2. The molecule has 0 aliphatic carbocycles. The van der Waals surface area contributed by atoms with Crippen LogP contribution >= 0.6 is 0 Å². The largest absolute Gasteiger partial charge is 0.463 e. The van der Waals surface area contributed by atoms with Crippen LogP contribution < -0.4 is 0 Å². The molecule has 0 unspecified atom stereocenters. The van der Waals surface area contributed by atoms with Gasteiger partial charge in [0.15, 0.2) is 0 Å². The lowest BCUT2D eigenvalue weighted by molar-refractivity contribution is -0.152. The molecule has 0 saturated heterocycles. The van der Waals surface area contributed by atoms with Gasteiger partial charge in [-0.05, 0) is 50.9 Å². The van der Waals surface area contributed by atoms with Crippen molar-refractivity contribution in [2.75, 3.05) is 13.2 Å². The fourth-order valence-electron chi connectivity index (χ4n) is 4.76. The molecule has 0 rings (SSSR count). The van der Waals surface area contributed by atoms with Crippen molar-refractivity contribution in [1.29, 1.82) is 0 Å². The Balaban J connectivity index is 3.64. The second kappa shape index (κ2) is 33.2. The van der Waals surface area contributed by atoms with E-state index < -0.39 is 12.2 Å². The predicted molar refractivity (Wildman–Crippen MR) is 188 cm³/mol. The van der Waals surface area contributed by atoms with Gasteiger partial charge in [0.05, 0.1) is 6.10 Å². The molecule has 0 aromatic carbocycles. The first kappa shape index (κ1) is 42.8. The summed E-state index contributed by atoms with van der Waals surface area (Å²) in [5.41, 5.74) is 0. The molecule has 2 atom stereocenters. The number of unbranched alkanes of at least 4 members (excludes halogenated alkanes) is 13. The van der Waals surface area contributed by atoms with Crippen molar-refractivity contribution >= 4 is 11.9 Å². The van der Waals surface area contributed by atoms with Gasteiger partial charge in [0.25, 0.3) is 0 Å². The summed E-state index contributed by atoms with van der Waals surface area (Å²) < 4.78 is 10.2. The van der Waals surface area contributed by atoms with E-state index in [9.17, 15) is 19.8 Å². The maximum absolute atomic E-state index is 11.9. The summed E-state index contributed by atoms with van der Waals surface area (Å²) in [6.45, 7) is 6.46. The third-order valence-corrected chi connectivity index (χ3v) is 7.58. The average molecular weight is 633 g/mol. The van der Waals surface area contributed by atoms with Gasteiger partial charge >= 0.3 is 11.9 Å². The van der Waals surface area contributed by atoms with Gasteiger partial charge in [-0.25, -0.2) is 0 Å². The van der Waals surface area contributed by atoms with E-state index in [0.29, 0.717) is 19.3 Å². The maximum atomic E-state index is 11.9. The van der Waals surface area contributed by atoms with Crippen LogP contribution in [0, 0.1) is 5.92 Å². The third kappa shape index (κ3) is 34.5. The van der Waals surface area contributed by atoms with Crippen LogP contribution in [0.4, 0.5) is 0 Å². The van der Waals surface area contributed by atoms with E-state index in [1.54, 1.807) is 6.08 Å². The highest BCUT2D eigenvalue weighted by molar-refractivity contribution is 5.69. The summed E-state index contributed by atoms with van der Waals surface area (Å²) in [6.07, 6.45) is 36.2. The highest BCUT2D eigenvalue weighted by Crippen LogP contribution is 2.14. The molecule has 0 spiro atoms. The van der Waals surface area contributed by atoms with E-state index in [-0.39, 0.29) is 31.6 Å². The van der Waals surface area contributed by atoms with E-state index in [0.717, 1.165) is 44.4 Å². The standard InChI is InChI=1S/C39H68O6/c1-4-5-6-7-19-24-29-36(40)30-25-20-15-12-13-17-22-27-32-39(43)45-34-37(41)33-44-38(42)31-26-21-16-11-9-8-10-14-18-23-28-35(2)3/h13,15,17,19-20,24-25,30,35-37,40-41H,4-12,14,16,18,21-23,26-29,31-34H2,1-3H3/b17-13-,20-15-,24-19-,30-25+/t36-,37-/m1/s1. The molecule has 260 valence electrons. The lowest BCUT2D eigenvalue weighted by atomic mass is 10.0. The van der Waals surface area contributed by atoms with Gasteiger partial charge in [-0.3, -0.25) is 9.59 Å². The molecule has 0 radical (unpaired) electrons. The molecule has 0 aromatic heterocycles. The Hall–Kier alpha value is -2.18. The summed E-state index contributed by atoms with van der Waals surface area (Å²) in [7, 11) is 0. The molecular formula is C39H68O6. The number of aliphatic hydroxyl groups is 2. The first-order valence-corrected chi connectivity index (χ1v) is 18.2. The predicted octanol–water partition coefficient (Wildman–Crippen LogP) is 9.89. The van der Waals surface area contributed by atoms with Crippen LogP contribution in [0.25, 0.3) is 0 Å². The molecule has 6 heteroatoms. The van der Waals surface area contributed by atoms with E-state index >= 15 is 0 Å². The number of esters is 2. The monoisotopic (exact) mass is 633 g/mol. The molecule has 0 aliphatic heterocycles. The summed E-state index contributed by atoms with van der Waals surface area (Å²) in [5.74, 6) is 0.150. The number of allylic oxidation sites excluding steroid dienone is 6. The topological polar surface area (TPSA) is 93.1 Å². The Kier molecular flexibility index (Phi) is 31.6. The van der Waals surface area contributed by atoms with E-state index in [2.05, 4.69) is 26.8 Å². The van der Waals surface area contributed by atoms with Crippen molar-refractivity contribution in [3.8, 4) is 0 Å². The summed E-state index contributed by atoms with van der Waals surface area (Å²) in [6, 6.07) is 0. The number of aliphatic hydroxyl groups excluding tert-OH is 2. The summed E-state index contributed by atoms with van der Waals surface area (Å²) in [5, 5.41) is 19.9. The highest BCUT2D eigenvalue weighted by Gasteiger charge is 2.12. The van der Waals surface area contributed by atoms with E-state index in [1.807, 2.05) is 36.5 Å². The zero-order chi connectivity index (χ0) is 33.2. The molecule has 6 nitrogen and oxygen atoms in total. The van der Waals surface area contributed by atoms with Crippen LogP contribution in [0.5, 0.6) is 0 Å². The molecule has 2 N–H and O–H groups in total. The van der Waals surface area contributed by atoms with E-state index in [4.69, 9.17) is 9.47 Å². The van der Waals surface area contributed by atoms with Gasteiger partial charge in [-0.1, -0.05) is 146 Å². The molecular weight excluding hydrogens is 564 g/mol. The molecule has 0 aromatic rings. The molecule has 0 bridgehead atoms. The van der Waals surface area contributed by atoms with Crippen molar-refractivity contribution in [3.63, 3.8) is 0 Å². The summed E-state index contributed by atoms with van der Waals surface area (Å²) >= 11 is 0. The van der Waals surface area contributed by atoms with Crippen LogP contribution in [0.1, 0.15) is 156 Å². The number of hydrogen-bond acceptors (Lipinski definition) is 6. The van der Waals surface area contributed by atoms with E-state index in [1.165, 1.54) is 70.6 Å². The Morgan fingerprint density at radius 3 is 1.80 bits per heavy atom. The quantitative estimate of drug-likeness (QED) is 0.0342. The molecule has 0 fully saturated rings. The Bertz CT molecular complexity index is 797. The number of carbonyl (C=O) groups excluding carboxylic acids is 2. The van der Waals surface area contributed by atoms with Gasteiger partial charge in [0.1, 0.15) is 19.3 Å². The van der Waals surface area contributed by atoms with Crippen LogP contribution in [-0.2, 0) is 19.1 Å². The minimum Gasteiger partial charge on any atom is -0.463 e. The zero-order valence-electron chi connectivity index (χ0n) is 29.1. The molecule has 0 amide bonds. The van der Waals surface area contributed by atoms with Crippen LogP contribution in [-0.4, -0.2) is 47.6 Å². The van der Waals surface area contributed by atoms with Crippen LogP contribution in [0.15, 0.2) is 48.6 Å². The first-order chi connectivity index (χ1) is 21.8. The fraction of sp³-hybridized carbons (Fsp3) is 0.744. The Morgan fingerprint density at radius 2 is 1.18 bits per heavy atom. The van der Waals surface area contributed by atoms with Crippen molar-refractivity contribution in [3.05, 3.63) is 48.6 Å².